The van der Waals surface area contributed by atoms with Gasteiger partial charge in [-0.15, -0.1) is 0 Å². The first-order valence-corrected chi connectivity index (χ1v) is 6.76. The number of hydrogen-bond acceptors (Lipinski definition) is 3. The standard InChI is InChI=1S/C15H15F3N2O/c16-15(17,18)14(6-7-14)20-9-12(21)11-5-1-3-10-4-2-8-19-13(10)11/h1-5,8,12,20-21H,6-7,9H2/t12-/m0/s1. The van der Waals surface area contributed by atoms with Crippen molar-refractivity contribution in [3.05, 3.63) is 42.1 Å². The average Bonchev–Trinajstić information content (AvgIpc) is 3.25. The predicted molar refractivity (Wildman–Crippen MR) is 72.7 cm³/mol. The molecular formula is C15H15F3N2O. The molecule has 1 heterocycles. The predicted octanol–water partition coefficient (Wildman–Crippen LogP) is 2.95. The number of aliphatic hydroxyl groups excluding tert-OH is 1. The van der Waals surface area contributed by atoms with E-state index in [0.717, 1.165) is 5.39 Å². The van der Waals surface area contributed by atoms with E-state index in [1.807, 2.05) is 12.1 Å². The molecule has 0 saturated heterocycles. The summed E-state index contributed by atoms with van der Waals surface area (Å²) >= 11 is 0. The maximum atomic E-state index is 12.8. The van der Waals surface area contributed by atoms with Gasteiger partial charge < -0.3 is 10.4 Å². The second-order valence-corrected chi connectivity index (χ2v) is 5.40. The van der Waals surface area contributed by atoms with Gasteiger partial charge in [0, 0.05) is 23.7 Å². The van der Waals surface area contributed by atoms with Gasteiger partial charge in [-0.1, -0.05) is 24.3 Å². The number of halogens is 3. The SMILES string of the molecule is O[C@@H](CNC1(C(F)(F)F)CC1)c1cccc2cccnc12. The number of rotatable bonds is 4. The van der Waals surface area contributed by atoms with Crippen molar-refractivity contribution in [1.29, 1.82) is 0 Å². The Kier molecular flexibility index (Phi) is 3.37. The molecule has 21 heavy (non-hydrogen) atoms. The van der Waals surface area contributed by atoms with Crippen molar-refractivity contribution >= 4 is 10.9 Å². The molecule has 0 bridgehead atoms. The molecule has 1 aliphatic carbocycles. The number of benzene rings is 1. The molecule has 1 aliphatic rings. The Morgan fingerprint density at radius 2 is 1.95 bits per heavy atom. The number of hydrogen-bond donors (Lipinski definition) is 2. The van der Waals surface area contributed by atoms with E-state index in [-0.39, 0.29) is 19.4 Å². The lowest BCUT2D eigenvalue weighted by Gasteiger charge is -2.23. The van der Waals surface area contributed by atoms with Crippen LogP contribution in [-0.2, 0) is 0 Å². The van der Waals surface area contributed by atoms with Gasteiger partial charge in [-0.3, -0.25) is 4.98 Å². The Labute approximate surface area is 119 Å². The van der Waals surface area contributed by atoms with E-state index in [4.69, 9.17) is 0 Å². The van der Waals surface area contributed by atoms with Gasteiger partial charge in [-0.05, 0) is 18.9 Å². The van der Waals surface area contributed by atoms with Crippen LogP contribution in [0.1, 0.15) is 24.5 Å². The van der Waals surface area contributed by atoms with E-state index in [0.29, 0.717) is 11.1 Å². The Morgan fingerprint density at radius 3 is 2.62 bits per heavy atom. The summed E-state index contributed by atoms with van der Waals surface area (Å²) in [5.41, 5.74) is -0.656. The van der Waals surface area contributed by atoms with Crippen molar-refractivity contribution in [2.24, 2.45) is 0 Å². The number of fused-ring (bicyclic) bond motifs is 1. The smallest absolute Gasteiger partial charge is 0.387 e. The summed E-state index contributed by atoms with van der Waals surface area (Å²) in [4.78, 5) is 4.20. The molecule has 1 atom stereocenters. The van der Waals surface area contributed by atoms with Crippen molar-refractivity contribution in [2.45, 2.75) is 30.7 Å². The monoisotopic (exact) mass is 296 g/mol. The van der Waals surface area contributed by atoms with Crippen LogP contribution in [-0.4, -0.2) is 28.4 Å². The number of pyridine rings is 1. The highest BCUT2D eigenvalue weighted by Crippen LogP contribution is 2.49. The fourth-order valence-corrected chi connectivity index (χ4v) is 2.48. The highest BCUT2D eigenvalue weighted by molar-refractivity contribution is 5.81. The van der Waals surface area contributed by atoms with Gasteiger partial charge in [-0.2, -0.15) is 13.2 Å². The molecular weight excluding hydrogens is 281 g/mol. The zero-order valence-corrected chi connectivity index (χ0v) is 11.2. The minimum atomic E-state index is -4.27. The molecule has 112 valence electrons. The van der Waals surface area contributed by atoms with Crippen molar-refractivity contribution in [1.82, 2.24) is 10.3 Å². The molecule has 0 radical (unpaired) electrons. The molecule has 0 amide bonds. The lowest BCUT2D eigenvalue weighted by atomic mass is 10.0. The summed E-state index contributed by atoms with van der Waals surface area (Å²) in [5.74, 6) is 0. The average molecular weight is 296 g/mol. The molecule has 2 aromatic rings. The maximum absolute atomic E-state index is 12.8. The van der Waals surface area contributed by atoms with Crippen LogP contribution in [0.15, 0.2) is 36.5 Å². The van der Waals surface area contributed by atoms with Crippen molar-refractivity contribution < 1.29 is 18.3 Å². The van der Waals surface area contributed by atoms with Gasteiger partial charge in [0.2, 0.25) is 0 Å². The molecule has 6 heteroatoms. The van der Waals surface area contributed by atoms with Crippen LogP contribution in [0.3, 0.4) is 0 Å². The van der Waals surface area contributed by atoms with Gasteiger partial charge in [-0.25, -0.2) is 0 Å². The lowest BCUT2D eigenvalue weighted by molar-refractivity contribution is -0.166. The Hall–Kier alpha value is -1.66. The minimum absolute atomic E-state index is 0.0665. The normalized spacial score (nSPS) is 18.7. The van der Waals surface area contributed by atoms with Crippen LogP contribution >= 0.6 is 0 Å². The van der Waals surface area contributed by atoms with Gasteiger partial charge in [0.1, 0.15) is 5.54 Å². The fraction of sp³-hybridized carbons (Fsp3) is 0.400. The van der Waals surface area contributed by atoms with Crippen molar-refractivity contribution in [2.75, 3.05) is 6.54 Å². The van der Waals surface area contributed by atoms with Crippen molar-refractivity contribution in [3.8, 4) is 0 Å². The van der Waals surface area contributed by atoms with E-state index < -0.39 is 17.8 Å². The number of nitrogens with one attached hydrogen (secondary N) is 1. The van der Waals surface area contributed by atoms with E-state index in [1.165, 1.54) is 0 Å². The van der Waals surface area contributed by atoms with E-state index >= 15 is 0 Å². The summed E-state index contributed by atoms with van der Waals surface area (Å²) in [6, 6.07) is 8.93. The Balaban J connectivity index is 1.78. The largest absolute Gasteiger partial charge is 0.406 e. The van der Waals surface area contributed by atoms with Crippen molar-refractivity contribution in [3.63, 3.8) is 0 Å². The summed E-state index contributed by atoms with van der Waals surface area (Å²) in [6.45, 7) is -0.144. The first kappa shape index (κ1) is 14.3. The highest BCUT2D eigenvalue weighted by atomic mass is 19.4. The first-order chi connectivity index (χ1) is 9.93. The van der Waals surface area contributed by atoms with Gasteiger partial charge in [0.25, 0.3) is 0 Å². The topological polar surface area (TPSA) is 45.1 Å². The lowest BCUT2D eigenvalue weighted by Crippen LogP contribution is -2.46. The summed E-state index contributed by atoms with van der Waals surface area (Å²) in [7, 11) is 0. The maximum Gasteiger partial charge on any atom is 0.406 e. The zero-order chi connectivity index (χ0) is 15.1. The minimum Gasteiger partial charge on any atom is -0.387 e. The first-order valence-electron chi connectivity index (χ1n) is 6.76. The number of β-amino-alcohol motifs (C(OH)–C–C–N with tert-alkyl or cyclic N) is 1. The van der Waals surface area contributed by atoms with Crippen LogP contribution < -0.4 is 5.32 Å². The number of para-hydroxylation sites is 1. The molecule has 1 aromatic heterocycles. The third-order valence-corrected chi connectivity index (χ3v) is 3.95. The van der Waals surface area contributed by atoms with Crippen LogP contribution in [0.25, 0.3) is 10.9 Å². The molecule has 1 aromatic carbocycles. The number of alkyl halides is 3. The molecule has 3 rings (SSSR count). The number of aromatic nitrogens is 1. The number of aliphatic hydroxyl groups is 1. The molecule has 1 fully saturated rings. The van der Waals surface area contributed by atoms with Crippen LogP contribution in [0.5, 0.6) is 0 Å². The summed E-state index contributed by atoms with van der Waals surface area (Å²) in [6.07, 6.45) is -3.56. The van der Waals surface area contributed by atoms with E-state index in [2.05, 4.69) is 10.3 Å². The van der Waals surface area contributed by atoms with Gasteiger partial charge in [0.15, 0.2) is 0 Å². The second-order valence-electron chi connectivity index (χ2n) is 5.40. The fourth-order valence-electron chi connectivity index (χ4n) is 2.48. The molecule has 1 saturated carbocycles. The van der Waals surface area contributed by atoms with Crippen LogP contribution in [0.2, 0.25) is 0 Å². The Bertz CT molecular complexity index is 647. The Morgan fingerprint density at radius 1 is 1.24 bits per heavy atom. The summed E-state index contributed by atoms with van der Waals surface area (Å²) in [5, 5.41) is 13.5. The summed E-state index contributed by atoms with van der Waals surface area (Å²) < 4.78 is 38.5. The highest BCUT2D eigenvalue weighted by Gasteiger charge is 2.63. The van der Waals surface area contributed by atoms with Gasteiger partial charge >= 0.3 is 6.18 Å². The molecule has 0 aliphatic heterocycles. The van der Waals surface area contributed by atoms with E-state index in [1.54, 1.807) is 24.4 Å². The quantitative estimate of drug-likeness (QED) is 0.912. The third kappa shape index (κ3) is 2.61. The van der Waals surface area contributed by atoms with E-state index in [9.17, 15) is 18.3 Å². The second kappa shape index (κ2) is 4.96. The molecule has 0 unspecified atom stereocenters. The molecule has 3 nitrogen and oxygen atoms in total. The zero-order valence-electron chi connectivity index (χ0n) is 11.2. The third-order valence-electron chi connectivity index (χ3n) is 3.95. The molecule has 2 N–H and O–H groups in total. The van der Waals surface area contributed by atoms with Crippen LogP contribution in [0.4, 0.5) is 13.2 Å². The molecule has 0 spiro atoms. The van der Waals surface area contributed by atoms with Crippen LogP contribution in [0, 0.1) is 0 Å². The van der Waals surface area contributed by atoms with Gasteiger partial charge in [0.05, 0.1) is 11.6 Å². The number of nitrogens with zero attached hydrogens (tertiary/aromatic N) is 1.